The largest absolute Gasteiger partial charge is 0.351 e. The molecule has 0 spiro atoms. The molecule has 0 bridgehead atoms. The number of methoxy groups -OCH3 is 2. The normalized spacial score (nSPS) is 22.1. The highest BCUT2D eigenvalue weighted by atomic mass is 16.7. The van der Waals surface area contributed by atoms with Crippen LogP contribution in [0.5, 0.6) is 0 Å². The number of rotatable bonds is 5. The fourth-order valence-electron chi connectivity index (χ4n) is 2.75. The lowest BCUT2D eigenvalue weighted by atomic mass is 9.89. The van der Waals surface area contributed by atoms with Gasteiger partial charge < -0.3 is 9.47 Å². The van der Waals surface area contributed by atoms with Crippen LogP contribution < -0.4 is 0 Å². The van der Waals surface area contributed by atoms with Crippen LogP contribution in [0.25, 0.3) is 0 Å². The fraction of sp³-hybridized carbons (Fsp3) is 0.562. The Morgan fingerprint density at radius 1 is 1.21 bits per heavy atom. The first-order valence-corrected chi connectivity index (χ1v) is 6.96. The fourth-order valence-corrected chi connectivity index (χ4v) is 2.75. The molecule has 0 amide bonds. The lowest BCUT2D eigenvalue weighted by Gasteiger charge is -2.40. The maximum absolute atomic E-state index is 5.69. The molecule has 3 heteroatoms. The van der Waals surface area contributed by atoms with E-state index in [1.807, 2.05) is 18.2 Å². The van der Waals surface area contributed by atoms with E-state index < -0.39 is 5.79 Å². The summed E-state index contributed by atoms with van der Waals surface area (Å²) >= 11 is 0. The molecule has 1 unspecified atom stereocenters. The lowest BCUT2D eigenvalue weighted by Crippen LogP contribution is -2.43. The summed E-state index contributed by atoms with van der Waals surface area (Å²) in [6.45, 7) is 2.19. The molecule has 1 atom stereocenters. The van der Waals surface area contributed by atoms with E-state index >= 15 is 0 Å². The van der Waals surface area contributed by atoms with Gasteiger partial charge in [0.25, 0.3) is 0 Å². The van der Waals surface area contributed by atoms with Gasteiger partial charge in [-0.1, -0.05) is 43.7 Å². The number of ether oxygens (including phenoxy) is 2. The monoisotopic (exact) mass is 261 g/mol. The van der Waals surface area contributed by atoms with Gasteiger partial charge in [-0.05, 0) is 18.4 Å². The Hall–Kier alpha value is -1.19. The van der Waals surface area contributed by atoms with Gasteiger partial charge in [-0.15, -0.1) is 0 Å². The van der Waals surface area contributed by atoms with Crippen molar-refractivity contribution in [3.8, 4) is 0 Å². The van der Waals surface area contributed by atoms with Gasteiger partial charge in [-0.3, -0.25) is 4.99 Å². The van der Waals surface area contributed by atoms with Gasteiger partial charge in [0.05, 0.1) is 0 Å². The zero-order valence-corrected chi connectivity index (χ0v) is 12.1. The molecular weight excluding hydrogens is 238 g/mol. The molecule has 0 fully saturated rings. The van der Waals surface area contributed by atoms with Crippen LogP contribution in [-0.2, 0) is 9.47 Å². The van der Waals surface area contributed by atoms with E-state index in [1.54, 1.807) is 14.2 Å². The van der Waals surface area contributed by atoms with Crippen molar-refractivity contribution < 1.29 is 9.47 Å². The summed E-state index contributed by atoms with van der Waals surface area (Å²) in [6, 6.07) is 10.2. The predicted octanol–water partition coefficient (Wildman–Crippen LogP) is 3.75. The van der Waals surface area contributed by atoms with Crippen molar-refractivity contribution >= 4 is 5.71 Å². The molecule has 1 aromatic carbocycles. The average Bonchev–Trinajstić information content (AvgIpc) is 2.49. The standard InChI is InChI=1S/C16H23NO2/c1-4-8-14-11-12-16(18-2,19-3)15(17-14)13-9-6-5-7-10-13/h5-7,9-10,15H,4,8,11-12H2,1-3H3. The molecule has 2 rings (SSSR count). The SMILES string of the molecule is CCCC1=NC(c2ccccc2)C(OC)(OC)CC1. The highest BCUT2D eigenvalue weighted by molar-refractivity contribution is 5.85. The second kappa shape index (κ2) is 6.31. The van der Waals surface area contributed by atoms with Crippen LogP contribution in [0.3, 0.4) is 0 Å². The molecule has 104 valence electrons. The van der Waals surface area contributed by atoms with Crippen LogP contribution >= 0.6 is 0 Å². The van der Waals surface area contributed by atoms with E-state index in [-0.39, 0.29) is 6.04 Å². The van der Waals surface area contributed by atoms with E-state index in [0.717, 1.165) is 31.2 Å². The van der Waals surface area contributed by atoms with Crippen molar-refractivity contribution in [3.05, 3.63) is 35.9 Å². The average molecular weight is 261 g/mol. The number of aliphatic imine (C=N–C) groups is 1. The summed E-state index contributed by atoms with van der Waals surface area (Å²) < 4.78 is 11.4. The van der Waals surface area contributed by atoms with Gasteiger partial charge >= 0.3 is 0 Å². The van der Waals surface area contributed by atoms with E-state index in [1.165, 1.54) is 5.71 Å². The summed E-state index contributed by atoms with van der Waals surface area (Å²) in [6.07, 6.45) is 4.01. The molecule has 0 saturated heterocycles. The van der Waals surface area contributed by atoms with Gasteiger partial charge in [-0.25, -0.2) is 0 Å². The number of benzene rings is 1. The van der Waals surface area contributed by atoms with E-state index in [2.05, 4.69) is 19.1 Å². The van der Waals surface area contributed by atoms with E-state index in [4.69, 9.17) is 14.5 Å². The molecule has 0 aliphatic carbocycles. The highest BCUT2D eigenvalue weighted by Gasteiger charge is 2.43. The molecular formula is C16H23NO2. The molecule has 3 nitrogen and oxygen atoms in total. The third kappa shape index (κ3) is 2.88. The summed E-state index contributed by atoms with van der Waals surface area (Å²) in [4.78, 5) is 4.90. The zero-order valence-electron chi connectivity index (χ0n) is 12.1. The first-order valence-electron chi connectivity index (χ1n) is 6.96. The highest BCUT2D eigenvalue weighted by Crippen LogP contribution is 2.40. The Balaban J connectivity index is 2.38. The second-order valence-corrected chi connectivity index (χ2v) is 4.98. The molecule has 0 aromatic heterocycles. The van der Waals surface area contributed by atoms with Crippen LogP contribution in [0.1, 0.15) is 44.2 Å². The van der Waals surface area contributed by atoms with Gasteiger partial charge in [0.15, 0.2) is 5.79 Å². The molecule has 0 N–H and O–H groups in total. The number of hydrogen-bond donors (Lipinski definition) is 0. The van der Waals surface area contributed by atoms with E-state index in [9.17, 15) is 0 Å². The second-order valence-electron chi connectivity index (χ2n) is 4.98. The summed E-state index contributed by atoms with van der Waals surface area (Å²) in [5.74, 6) is -0.626. The molecule has 1 aromatic rings. The third-order valence-electron chi connectivity index (χ3n) is 3.84. The van der Waals surface area contributed by atoms with Gasteiger partial charge in [-0.2, -0.15) is 0 Å². The smallest absolute Gasteiger partial charge is 0.194 e. The third-order valence-corrected chi connectivity index (χ3v) is 3.84. The maximum Gasteiger partial charge on any atom is 0.194 e. The quantitative estimate of drug-likeness (QED) is 0.756. The first kappa shape index (κ1) is 14.2. The van der Waals surface area contributed by atoms with Crippen molar-refractivity contribution in [2.45, 2.75) is 44.4 Å². The van der Waals surface area contributed by atoms with Crippen LogP contribution in [0.15, 0.2) is 35.3 Å². The van der Waals surface area contributed by atoms with Crippen LogP contribution in [0.2, 0.25) is 0 Å². The Bertz CT molecular complexity index is 424. The minimum absolute atomic E-state index is 0.0704. The Kier molecular flexibility index (Phi) is 4.72. The summed E-state index contributed by atoms with van der Waals surface area (Å²) in [7, 11) is 3.42. The zero-order chi connectivity index (χ0) is 13.7. The predicted molar refractivity (Wildman–Crippen MR) is 77.5 cm³/mol. The van der Waals surface area contributed by atoms with Crippen molar-refractivity contribution in [3.63, 3.8) is 0 Å². The van der Waals surface area contributed by atoms with Crippen molar-refractivity contribution in [1.82, 2.24) is 0 Å². The molecule has 1 aliphatic heterocycles. The topological polar surface area (TPSA) is 30.8 Å². The van der Waals surface area contributed by atoms with Crippen molar-refractivity contribution in [1.29, 1.82) is 0 Å². The van der Waals surface area contributed by atoms with Gasteiger partial charge in [0, 0.05) is 26.4 Å². The molecule has 1 aliphatic rings. The molecule has 0 saturated carbocycles. The minimum Gasteiger partial charge on any atom is -0.351 e. The summed E-state index contributed by atoms with van der Waals surface area (Å²) in [5, 5.41) is 0. The number of nitrogens with zero attached hydrogens (tertiary/aromatic N) is 1. The van der Waals surface area contributed by atoms with Crippen molar-refractivity contribution in [2.75, 3.05) is 14.2 Å². The Morgan fingerprint density at radius 2 is 1.89 bits per heavy atom. The molecule has 19 heavy (non-hydrogen) atoms. The van der Waals surface area contributed by atoms with Crippen LogP contribution in [0.4, 0.5) is 0 Å². The van der Waals surface area contributed by atoms with Crippen molar-refractivity contribution in [2.24, 2.45) is 4.99 Å². The van der Waals surface area contributed by atoms with Gasteiger partial charge in [0.2, 0.25) is 0 Å². The van der Waals surface area contributed by atoms with Crippen LogP contribution in [-0.4, -0.2) is 25.7 Å². The Morgan fingerprint density at radius 3 is 2.47 bits per heavy atom. The Labute approximate surface area is 115 Å². The maximum atomic E-state index is 5.69. The summed E-state index contributed by atoms with van der Waals surface area (Å²) in [5.41, 5.74) is 2.43. The minimum atomic E-state index is -0.626. The molecule has 0 radical (unpaired) electrons. The molecule has 1 heterocycles. The first-order chi connectivity index (χ1) is 9.25. The van der Waals surface area contributed by atoms with E-state index in [0.29, 0.717) is 0 Å². The number of hydrogen-bond acceptors (Lipinski definition) is 3. The lowest BCUT2D eigenvalue weighted by molar-refractivity contribution is -0.226. The van der Waals surface area contributed by atoms with Gasteiger partial charge in [0.1, 0.15) is 6.04 Å². The van der Waals surface area contributed by atoms with Crippen LogP contribution in [0, 0.1) is 0 Å².